The van der Waals surface area contributed by atoms with Crippen LogP contribution in [0.15, 0.2) is 42.5 Å². The topological polar surface area (TPSA) is 76.7 Å². The van der Waals surface area contributed by atoms with E-state index in [0.717, 1.165) is 12.1 Å². The molecule has 0 heterocycles. The van der Waals surface area contributed by atoms with Crippen LogP contribution in [-0.2, 0) is 9.47 Å². The third kappa shape index (κ3) is 5.29. The van der Waals surface area contributed by atoms with Crippen molar-refractivity contribution in [1.29, 1.82) is 0 Å². The van der Waals surface area contributed by atoms with Crippen molar-refractivity contribution in [2.24, 2.45) is 0 Å². The lowest BCUT2D eigenvalue weighted by atomic mass is 9.99. The third-order valence-electron chi connectivity index (χ3n) is 4.44. The van der Waals surface area contributed by atoms with Gasteiger partial charge in [-0.3, -0.25) is 0 Å². The Morgan fingerprint density at radius 1 is 1.00 bits per heavy atom. The standard InChI is InChI=1S/C21H24N2O4S/c1-5-13(2)14-6-9-16(10-7-14)22-21(28)23-18-12-15(19(24)26-3)8-11-17(18)20(25)27-4/h6-13H,5H2,1-4H3,(H2,22,23,28). The van der Waals surface area contributed by atoms with E-state index in [4.69, 9.17) is 21.7 Å². The van der Waals surface area contributed by atoms with Gasteiger partial charge in [0.25, 0.3) is 0 Å². The smallest absolute Gasteiger partial charge is 0.339 e. The van der Waals surface area contributed by atoms with E-state index < -0.39 is 11.9 Å². The molecule has 0 spiro atoms. The van der Waals surface area contributed by atoms with E-state index in [-0.39, 0.29) is 10.7 Å². The Balaban J connectivity index is 2.19. The van der Waals surface area contributed by atoms with Crippen LogP contribution in [0.1, 0.15) is 52.5 Å². The summed E-state index contributed by atoms with van der Waals surface area (Å²) in [6, 6.07) is 12.5. The molecule has 2 aromatic rings. The van der Waals surface area contributed by atoms with Crippen molar-refractivity contribution in [3.05, 3.63) is 59.2 Å². The van der Waals surface area contributed by atoms with Crippen LogP contribution >= 0.6 is 12.2 Å². The molecule has 148 valence electrons. The first-order chi connectivity index (χ1) is 13.4. The molecule has 0 radical (unpaired) electrons. The molecule has 0 aliphatic carbocycles. The first-order valence-corrected chi connectivity index (χ1v) is 9.29. The highest BCUT2D eigenvalue weighted by molar-refractivity contribution is 7.80. The van der Waals surface area contributed by atoms with Gasteiger partial charge in [0, 0.05) is 5.69 Å². The molecule has 0 fully saturated rings. The van der Waals surface area contributed by atoms with Crippen molar-refractivity contribution >= 4 is 40.6 Å². The molecular formula is C21H24N2O4S. The molecule has 2 rings (SSSR count). The lowest BCUT2D eigenvalue weighted by Gasteiger charge is -2.15. The summed E-state index contributed by atoms with van der Waals surface area (Å²) in [6.07, 6.45) is 1.07. The quantitative estimate of drug-likeness (QED) is 0.543. The maximum Gasteiger partial charge on any atom is 0.339 e. The number of nitrogens with one attached hydrogen (secondary N) is 2. The number of carbonyl (C=O) groups is 2. The summed E-state index contributed by atoms with van der Waals surface area (Å²) in [5, 5.41) is 6.31. The normalized spacial score (nSPS) is 11.3. The first-order valence-electron chi connectivity index (χ1n) is 8.88. The maximum absolute atomic E-state index is 12.0. The molecule has 0 amide bonds. The van der Waals surface area contributed by atoms with Crippen LogP contribution in [0, 0.1) is 0 Å². The second-order valence-corrected chi connectivity index (χ2v) is 6.66. The van der Waals surface area contributed by atoms with E-state index in [1.165, 1.54) is 38.0 Å². The number of methoxy groups -OCH3 is 2. The van der Waals surface area contributed by atoms with E-state index >= 15 is 0 Å². The van der Waals surface area contributed by atoms with Gasteiger partial charge in [0.2, 0.25) is 0 Å². The minimum atomic E-state index is -0.542. The molecule has 0 aliphatic rings. The number of ether oxygens (including phenoxy) is 2. The maximum atomic E-state index is 12.0. The highest BCUT2D eigenvalue weighted by atomic mass is 32.1. The minimum Gasteiger partial charge on any atom is -0.465 e. The largest absolute Gasteiger partial charge is 0.465 e. The summed E-state index contributed by atoms with van der Waals surface area (Å²) in [4.78, 5) is 23.8. The minimum absolute atomic E-state index is 0.256. The van der Waals surface area contributed by atoms with Crippen molar-refractivity contribution in [1.82, 2.24) is 0 Å². The van der Waals surface area contributed by atoms with Gasteiger partial charge >= 0.3 is 11.9 Å². The number of thiocarbonyl (C=S) groups is 1. The van der Waals surface area contributed by atoms with Crippen LogP contribution in [0.3, 0.4) is 0 Å². The molecule has 0 saturated heterocycles. The molecular weight excluding hydrogens is 376 g/mol. The summed E-state index contributed by atoms with van der Waals surface area (Å²) in [6.45, 7) is 4.33. The zero-order valence-corrected chi connectivity index (χ0v) is 17.2. The van der Waals surface area contributed by atoms with Gasteiger partial charge in [-0.25, -0.2) is 9.59 Å². The van der Waals surface area contributed by atoms with Gasteiger partial charge in [0.1, 0.15) is 0 Å². The molecule has 7 heteroatoms. The molecule has 1 unspecified atom stereocenters. The molecule has 0 saturated carbocycles. The van der Waals surface area contributed by atoms with Crippen LogP contribution in [0.4, 0.5) is 11.4 Å². The van der Waals surface area contributed by atoms with Gasteiger partial charge in [-0.1, -0.05) is 26.0 Å². The average Bonchev–Trinajstić information content (AvgIpc) is 2.72. The van der Waals surface area contributed by atoms with Gasteiger partial charge in [-0.15, -0.1) is 0 Å². The fraction of sp³-hybridized carbons (Fsp3) is 0.286. The predicted molar refractivity (Wildman–Crippen MR) is 114 cm³/mol. The van der Waals surface area contributed by atoms with Crippen molar-refractivity contribution in [3.63, 3.8) is 0 Å². The molecule has 1 atom stereocenters. The van der Waals surface area contributed by atoms with Gasteiger partial charge in [0.15, 0.2) is 5.11 Å². The van der Waals surface area contributed by atoms with Gasteiger partial charge in [-0.05, 0) is 60.5 Å². The van der Waals surface area contributed by atoms with Crippen molar-refractivity contribution in [2.75, 3.05) is 24.9 Å². The Hall–Kier alpha value is -2.93. The second-order valence-electron chi connectivity index (χ2n) is 6.25. The highest BCUT2D eigenvalue weighted by Gasteiger charge is 2.16. The summed E-state index contributed by atoms with van der Waals surface area (Å²) in [5.41, 5.74) is 2.97. The zero-order chi connectivity index (χ0) is 20.7. The Labute approximate surface area is 170 Å². The number of rotatable bonds is 6. The zero-order valence-electron chi connectivity index (χ0n) is 16.4. The van der Waals surface area contributed by atoms with E-state index in [9.17, 15) is 9.59 Å². The Bertz CT molecular complexity index is 865. The average molecular weight is 401 g/mol. The molecule has 2 aromatic carbocycles. The summed E-state index contributed by atoms with van der Waals surface area (Å²) in [5.74, 6) is -0.568. The lowest BCUT2D eigenvalue weighted by Crippen LogP contribution is -2.21. The molecule has 0 bridgehead atoms. The van der Waals surface area contributed by atoms with E-state index in [1.807, 2.05) is 12.1 Å². The van der Waals surface area contributed by atoms with Crippen LogP contribution in [-0.4, -0.2) is 31.3 Å². The van der Waals surface area contributed by atoms with Gasteiger partial charge < -0.3 is 20.1 Å². The van der Waals surface area contributed by atoms with Gasteiger partial charge in [-0.2, -0.15) is 0 Å². The third-order valence-corrected chi connectivity index (χ3v) is 4.65. The summed E-state index contributed by atoms with van der Waals surface area (Å²) >= 11 is 5.35. The number of carbonyl (C=O) groups excluding carboxylic acids is 2. The highest BCUT2D eigenvalue weighted by Crippen LogP contribution is 2.22. The van der Waals surface area contributed by atoms with Gasteiger partial charge in [0.05, 0.1) is 31.0 Å². The summed E-state index contributed by atoms with van der Waals surface area (Å²) in [7, 11) is 2.58. The predicted octanol–water partition coefficient (Wildman–Crippen LogP) is 4.58. The fourth-order valence-electron chi connectivity index (χ4n) is 2.60. The SMILES string of the molecule is CCC(C)c1ccc(NC(=S)Nc2cc(C(=O)OC)ccc2C(=O)OC)cc1. The first kappa shape index (κ1) is 21.4. The summed E-state index contributed by atoms with van der Waals surface area (Å²) < 4.78 is 9.52. The fourth-order valence-corrected chi connectivity index (χ4v) is 2.82. The number of esters is 2. The molecule has 0 aliphatic heterocycles. The van der Waals surface area contributed by atoms with Crippen molar-refractivity contribution in [2.45, 2.75) is 26.2 Å². The van der Waals surface area contributed by atoms with Crippen LogP contribution in [0.25, 0.3) is 0 Å². The second kappa shape index (κ2) is 9.85. The number of anilines is 2. The lowest BCUT2D eigenvalue weighted by molar-refractivity contribution is 0.0587. The Morgan fingerprint density at radius 2 is 1.64 bits per heavy atom. The number of benzene rings is 2. The molecule has 2 N–H and O–H groups in total. The Morgan fingerprint density at radius 3 is 2.21 bits per heavy atom. The van der Waals surface area contributed by atoms with Crippen LogP contribution < -0.4 is 10.6 Å². The van der Waals surface area contributed by atoms with E-state index in [0.29, 0.717) is 17.2 Å². The van der Waals surface area contributed by atoms with Crippen LogP contribution in [0.2, 0.25) is 0 Å². The number of hydrogen-bond donors (Lipinski definition) is 2. The van der Waals surface area contributed by atoms with Crippen LogP contribution in [0.5, 0.6) is 0 Å². The van der Waals surface area contributed by atoms with Crippen molar-refractivity contribution < 1.29 is 19.1 Å². The monoisotopic (exact) mass is 400 g/mol. The number of hydrogen-bond acceptors (Lipinski definition) is 5. The molecule has 28 heavy (non-hydrogen) atoms. The van der Waals surface area contributed by atoms with Crippen molar-refractivity contribution in [3.8, 4) is 0 Å². The Kier molecular flexibility index (Phi) is 7.52. The molecule has 0 aromatic heterocycles. The van der Waals surface area contributed by atoms with E-state index in [1.54, 1.807) is 0 Å². The molecule has 6 nitrogen and oxygen atoms in total. The van der Waals surface area contributed by atoms with E-state index in [2.05, 4.69) is 36.6 Å².